The largest absolute Gasteiger partial charge is 0.768 e. The highest BCUT2D eigenvalue weighted by Crippen LogP contribution is 2.57. The van der Waals surface area contributed by atoms with Gasteiger partial charge in [-0.3, -0.25) is 4.21 Å². The van der Waals surface area contributed by atoms with Crippen molar-refractivity contribution in [3.63, 3.8) is 0 Å². The van der Waals surface area contributed by atoms with Crippen molar-refractivity contribution in [3.8, 4) is 11.1 Å². The van der Waals surface area contributed by atoms with Crippen LogP contribution in [0.1, 0.15) is 22.3 Å². The number of nitrogens with two attached hydrogens (primary N) is 2. The molecule has 1 atom stereocenters. The summed E-state index contributed by atoms with van der Waals surface area (Å²) in [6.45, 7) is 0. The zero-order valence-electron chi connectivity index (χ0n) is 16.0. The quantitative estimate of drug-likeness (QED) is 0.339. The monoisotopic (exact) mass is 411 g/mol. The summed E-state index contributed by atoms with van der Waals surface area (Å²) >= 11 is -2.36. The van der Waals surface area contributed by atoms with Crippen molar-refractivity contribution < 1.29 is 8.76 Å². The van der Waals surface area contributed by atoms with Gasteiger partial charge in [0.05, 0.1) is 5.41 Å². The molecular formula is C25H19N2O2S-. The van der Waals surface area contributed by atoms with Crippen molar-refractivity contribution in [1.82, 2.24) is 0 Å². The summed E-state index contributed by atoms with van der Waals surface area (Å²) in [4.78, 5) is 0.299. The molecule has 4 aromatic rings. The summed E-state index contributed by atoms with van der Waals surface area (Å²) in [5.74, 6) is 0. The lowest BCUT2D eigenvalue weighted by molar-refractivity contribution is 0.537. The first-order valence-corrected chi connectivity index (χ1v) is 10.7. The molecule has 0 aromatic heterocycles. The Morgan fingerprint density at radius 3 is 1.77 bits per heavy atom. The zero-order chi connectivity index (χ0) is 20.9. The molecule has 0 aliphatic heterocycles. The number of nitrogen functional groups attached to an aromatic ring is 2. The molecule has 0 amide bonds. The Bertz CT molecular complexity index is 1240. The molecule has 30 heavy (non-hydrogen) atoms. The molecule has 0 bridgehead atoms. The van der Waals surface area contributed by atoms with Crippen LogP contribution in [0.3, 0.4) is 0 Å². The summed E-state index contributed by atoms with van der Waals surface area (Å²) < 4.78 is 24.2. The van der Waals surface area contributed by atoms with Gasteiger partial charge >= 0.3 is 0 Å². The van der Waals surface area contributed by atoms with Crippen LogP contribution >= 0.6 is 0 Å². The van der Waals surface area contributed by atoms with Gasteiger partial charge in [0.1, 0.15) is 0 Å². The third-order valence-corrected chi connectivity index (χ3v) is 6.60. The van der Waals surface area contributed by atoms with E-state index in [1.165, 1.54) is 0 Å². The van der Waals surface area contributed by atoms with Crippen molar-refractivity contribution in [1.29, 1.82) is 0 Å². The Hall–Kier alpha value is -3.41. The standard InChI is InChI=1S/C25H20N2O2S/c26-18-12-8-16(9-13-18)25(17-10-14-19(27)15-11-17)21-5-2-1-4-20(21)24-22(25)6-3-7-23(24)30(28)29/h1-15H,26-27H2,(H,28,29)/p-1. The fourth-order valence-corrected chi connectivity index (χ4v) is 5.26. The van der Waals surface area contributed by atoms with Gasteiger partial charge in [-0.15, -0.1) is 0 Å². The maximum absolute atomic E-state index is 12.1. The van der Waals surface area contributed by atoms with Gasteiger partial charge < -0.3 is 16.0 Å². The lowest BCUT2D eigenvalue weighted by Crippen LogP contribution is -2.28. The second kappa shape index (κ2) is 6.83. The Morgan fingerprint density at radius 2 is 1.20 bits per heavy atom. The van der Waals surface area contributed by atoms with Crippen molar-refractivity contribution in [2.45, 2.75) is 10.3 Å². The third kappa shape index (κ3) is 2.53. The van der Waals surface area contributed by atoms with E-state index in [4.69, 9.17) is 11.5 Å². The first-order chi connectivity index (χ1) is 14.5. The van der Waals surface area contributed by atoms with Gasteiger partial charge in [0, 0.05) is 21.8 Å². The molecule has 0 saturated heterocycles. The van der Waals surface area contributed by atoms with Crippen molar-refractivity contribution >= 4 is 22.5 Å². The van der Waals surface area contributed by atoms with Crippen LogP contribution < -0.4 is 11.5 Å². The predicted molar refractivity (Wildman–Crippen MR) is 120 cm³/mol. The molecule has 0 heterocycles. The van der Waals surface area contributed by atoms with E-state index < -0.39 is 16.5 Å². The predicted octanol–water partition coefficient (Wildman–Crippen LogP) is 4.45. The molecule has 0 saturated carbocycles. The third-order valence-electron chi connectivity index (χ3n) is 5.90. The lowest BCUT2D eigenvalue weighted by atomic mass is 9.67. The number of rotatable bonds is 3. The topological polar surface area (TPSA) is 92.2 Å². The normalized spacial score (nSPS) is 14.7. The van der Waals surface area contributed by atoms with Crippen LogP contribution in [0.5, 0.6) is 0 Å². The van der Waals surface area contributed by atoms with E-state index in [2.05, 4.69) is 6.07 Å². The van der Waals surface area contributed by atoms with Crippen LogP contribution in [0, 0.1) is 0 Å². The Kier molecular flexibility index (Phi) is 4.24. The molecule has 0 fully saturated rings. The van der Waals surface area contributed by atoms with E-state index in [0.29, 0.717) is 16.3 Å². The van der Waals surface area contributed by atoms with Crippen LogP contribution in [-0.4, -0.2) is 8.76 Å². The fraction of sp³-hybridized carbons (Fsp3) is 0.0400. The van der Waals surface area contributed by atoms with E-state index in [0.717, 1.165) is 33.4 Å². The molecule has 1 aliphatic carbocycles. The molecule has 4 aromatic carbocycles. The van der Waals surface area contributed by atoms with Gasteiger partial charge in [-0.05, 0) is 69.2 Å². The highest BCUT2D eigenvalue weighted by molar-refractivity contribution is 7.79. The Morgan fingerprint density at radius 1 is 0.667 bits per heavy atom. The average Bonchev–Trinajstić information content (AvgIpc) is 3.06. The first-order valence-electron chi connectivity index (χ1n) is 9.58. The summed E-state index contributed by atoms with van der Waals surface area (Å²) in [5, 5.41) is 0. The van der Waals surface area contributed by atoms with Crippen LogP contribution in [0.4, 0.5) is 11.4 Å². The Labute approximate surface area is 177 Å². The number of benzene rings is 4. The SMILES string of the molecule is Nc1ccc(C2(c3ccc(N)cc3)c3ccccc3-c3c(S(=O)[O-])cccc32)cc1. The molecule has 5 rings (SSSR count). The van der Waals surface area contributed by atoms with E-state index in [1.807, 2.05) is 72.8 Å². The van der Waals surface area contributed by atoms with Gasteiger partial charge in [-0.1, -0.05) is 60.7 Å². The van der Waals surface area contributed by atoms with Crippen molar-refractivity contribution in [3.05, 3.63) is 113 Å². The van der Waals surface area contributed by atoms with E-state index >= 15 is 0 Å². The maximum Gasteiger partial charge on any atom is 0.0714 e. The zero-order valence-corrected chi connectivity index (χ0v) is 16.9. The number of hydrogen-bond donors (Lipinski definition) is 2. The molecule has 0 radical (unpaired) electrons. The Balaban J connectivity index is 1.98. The van der Waals surface area contributed by atoms with E-state index in [9.17, 15) is 8.76 Å². The molecule has 4 N–H and O–H groups in total. The summed E-state index contributed by atoms with van der Waals surface area (Å²) in [6, 6.07) is 29.0. The van der Waals surface area contributed by atoms with Crippen LogP contribution in [0.15, 0.2) is 95.9 Å². The lowest BCUT2D eigenvalue weighted by Gasteiger charge is -2.34. The molecule has 1 aliphatic rings. The fourth-order valence-electron chi connectivity index (χ4n) is 4.69. The molecule has 148 valence electrons. The minimum absolute atomic E-state index is 0.299. The summed E-state index contributed by atoms with van der Waals surface area (Å²) in [7, 11) is 0. The number of anilines is 2. The van der Waals surface area contributed by atoms with Gasteiger partial charge in [0.15, 0.2) is 0 Å². The van der Waals surface area contributed by atoms with E-state index in [1.54, 1.807) is 12.1 Å². The average molecular weight is 412 g/mol. The molecule has 0 spiro atoms. The van der Waals surface area contributed by atoms with Crippen LogP contribution in [0.25, 0.3) is 11.1 Å². The summed E-state index contributed by atoms with van der Waals surface area (Å²) in [6.07, 6.45) is 0. The summed E-state index contributed by atoms with van der Waals surface area (Å²) in [5.41, 5.74) is 18.3. The smallest absolute Gasteiger partial charge is 0.0714 e. The molecule has 1 unspecified atom stereocenters. The van der Waals surface area contributed by atoms with Crippen molar-refractivity contribution in [2.24, 2.45) is 0 Å². The van der Waals surface area contributed by atoms with Crippen molar-refractivity contribution in [2.75, 3.05) is 11.5 Å². The van der Waals surface area contributed by atoms with Gasteiger partial charge in [-0.2, -0.15) is 0 Å². The second-order valence-electron chi connectivity index (χ2n) is 7.45. The van der Waals surface area contributed by atoms with Crippen LogP contribution in [-0.2, 0) is 16.5 Å². The number of hydrogen-bond acceptors (Lipinski definition) is 4. The minimum atomic E-state index is -2.36. The van der Waals surface area contributed by atoms with Gasteiger partial charge in [0.2, 0.25) is 0 Å². The minimum Gasteiger partial charge on any atom is -0.768 e. The van der Waals surface area contributed by atoms with Gasteiger partial charge in [0.25, 0.3) is 0 Å². The molecule has 4 nitrogen and oxygen atoms in total. The maximum atomic E-state index is 12.1. The highest BCUT2D eigenvalue weighted by Gasteiger charge is 2.46. The van der Waals surface area contributed by atoms with E-state index in [-0.39, 0.29) is 0 Å². The first kappa shape index (κ1) is 18.6. The second-order valence-corrected chi connectivity index (χ2v) is 8.36. The molecular weight excluding hydrogens is 392 g/mol. The highest BCUT2D eigenvalue weighted by atomic mass is 32.2. The van der Waals surface area contributed by atoms with Crippen LogP contribution in [0.2, 0.25) is 0 Å². The molecule has 5 heteroatoms. The van der Waals surface area contributed by atoms with Gasteiger partial charge in [-0.25, -0.2) is 0 Å². The number of fused-ring (bicyclic) bond motifs is 3.